The number of primary sulfonamides is 1. The van der Waals surface area contributed by atoms with Gasteiger partial charge in [0, 0.05) is 0 Å². The molecule has 0 aromatic heterocycles. The Morgan fingerprint density at radius 2 is 1.74 bits per heavy atom. The van der Waals surface area contributed by atoms with E-state index in [1.807, 2.05) is 43.3 Å². The highest BCUT2D eigenvalue weighted by molar-refractivity contribution is 8.26. The van der Waals surface area contributed by atoms with Gasteiger partial charge in [-0.15, -0.1) is 0 Å². The summed E-state index contributed by atoms with van der Waals surface area (Å²) in [5.41, 5.74) is 2.00. The average Bonchev–Trinajstić information content (AvgIpc) is 3.21. The molecule has 0 aliphatic carbocycles. The molecule has 0 bridgehead atoms. The van der Waals surface area contributed by atoms with E-state index in [1.54, 1.807) is 6.08 Å². The Morgan fingerprint density at radius 1 is 1.09 bits per heavy atom. The molecule has 0 spiro atoms. The van der Waals surface area contributed by atoms with Crippen LogP contribution in [0.15, 0.2) is 76.0 Å². The number of carbonyl (C=O) groups excluding carboxylic acids is 3. The van der Waals surface area contributed by atoms with Crippen LogP contribution in [0.1, 0.15) is 18.9 Å². The van der Waals surface area contributed by atoms with Crippen LogP contribution in [-0.2, 0) is 24.4 Å². The lowest BCUT2D eigenvalue weighted by Gasteiger charge is -2.21. The number of thiocarbonyl (C=S) groups is 1. The van der Waals surface area contributed by atoms with Crippen molar-refractivity contribution in [2.45, 2.75) is 24.3 Å². The van der Waals surface area contributed by atoms with Crippen LogP contribution in [0.5, 0.6) is 0 Å². The maximum atomic E-state index is 13.1. The Labute approximate surface area is 206 Å². The molecule has 2 saturated heterocycles. The summed E-state index contributed by atoms with van der Waals surface area (Å²) in [6, 6.07) is 13.6. The zero-order valence-electron chi connectivity index (χ0n) is 17.9. The van der Waals surface area contributed by atoms with Crippen LogP contribution < -0.4 is 10.0 Å². The van der Waals surface area contributed by atoms with Crippen LogP contribution in [0, 0.1) is 0 Å². The van der Waals surface area contributed by atoms with Crippen LogP contribution in [0.2, 0.25) is 0 Å². The molecule has 3 amide bonds. The number of hydrogen-bond acceptors (Lipinski definition) is 7. The van der Waals surface area contributed by atoms with Crippen LogP contribution in [0.3, 0.4) is 0 Å². The van der Waals surface area contributed by atoms with Crippen molar-refractivity contribution in [2.24, 2.45) is 5.14 Å². The van der Waals surface area contributed by atoms with Crippen LogP contribution in [0.4, 0.5) is 5.69 Å². The molecule has 2 aromatic carbocycles. The van der Waals surface area contributed by atoms with E-state index < -0.39 is 33.8 Å². The van der Waals surface area contributed by atoms with E-state index in [1.165, 1.54) is 29.2 Å². The van der Waals surface area contributed by atoms with Crippen molar-refractivity contribution in [3.05, 3.63) is 76.7 Å². The number of benzene rings is 2. The highest BCUT2D eigenvalue weighted by atomic mass is 32.2. The molecule has 2 fully saturated rings. The molecule has 2 aliphatic heterocycles. The molecule has 2 heterocycles. The fourth-order valence-corrected chi connectivity index (χ4v) is 5.60. The molecule has 174 valence electrons. The van der Waals surface area contributed by atoms with Gasteiger partial charge in [-0.05, 0) is 48.4 Å². The summed E-state index contributed by atoms with van der Waals surface area (Å²) in [4.78, 5) is 41.2. The van der Waals surface area contributed by atoms with E-state index in [4.69, 9.17) is 17.4 Å². The first kappa shape index (κ1) is 24.0. The number of amides is 3. The minimum atomic E-state index is -3.92. The predicted octanol–water partition coefficient (Wildman–Crippen LogP) is 2.81. The molecular formula is C23H19N3O5S3. The summed E-state index contributed by atoms with van der Waals surface area (Å²) in [6.07, 6.45) is 3.40. The maximum Gasteiger partial charge on any atom is 0.266 e. The fourth-order valence-electron chi connectivity index (χ4n) is 3.68. The first-order valence-electron chi connectivity index (χ1n) is 10.1. The molecule has 1 atom stereocenters. The number of hydrogen-bond donors (Lipinski definition) is 1. The molecule has 0 saturated carbocycles. The second-order valence-electron chi connectivity index (χ2n) is 7.68. The van der Waals surface area contributed by atoms with E-state index in [9.17, 15) is 22.8 Å². The largest absolute Gasteiger partial charge is 0.280 e. The van der Waals surface area contributed by atoms with Gasteiger partial charge < -0.3 is 0 Å². The lowest BCUT2D eigenvalue weighted by Crippen LogP contribution is -2.44. The first-order valence-corrected chi connectivity index (χ1v) is 12.8. The number of thioether (sulfide) groups is 1. The van der Waals surface area contributed by atoms with Crippen molar-refractivity contribution in [2.75, 3.05) is 4.90 Å². The van der Waals surface area contributed by atoms with Gasteiger partial charge in [0.15, 0.2) is 0 Å². The topological polar surface area (TPSA) is 118 Å². The van der Waals surface area contributed by atoms with Gasteiger partial charge in [-0.2, -0.15) is 0 Å². The standard InChI is InChI=1S/C23H19N3O5S3/c1-14(11-15-5-3-2-4-6-15)12-19-22(29)26(23(32)33-19)18-13-20(27)25(21(18)28)16-7-9-17(10-8-16)34(24,30)31/h2-12,18H,13H2,1H3,(H2,24,30,31)/b14-11+,19-12-/t18-/m1/s1. The van der Waals surface area contributed by atoms with Gasteiger partial charge >= 0.3 is 0 Å². The van der Waals surface area contributed by atoms with E-state index >= 15 is 0 Å². The Bertz CT molecular complexity index is 1370. The highest BCUT2D eigenvalue weighted by Gasteiger charge is 2.48. The van der Waals surface area contributed by atoms with Gasteiger partial charge in [0.1, 0.15) is 10.4 Å². The summed E-state index contributed by atoms with van der Waals surface area (Å²) in [7, 11) is -3.92. The zero-order valence-corrected chi connectivity index (χ0v) is 20.3. The van der Waals surface area contributed by atoms with Crippen molar-refractivity contribution >= 4 is 67.8 Å². The Hall–Kier alpha value is -3.12. The number of rotatable bonds is 5. The van der Waals surface area contributed by atoms with E-state index in [2.05, 4.69) is 0 Å². The molecule has 2 aromatic rings. The molecule has 2 N–H and O–H groups in total. The number of sulfonamides is 1. The van der Waals surface area contributed by atoms with E-state index in [-0.39, 0.29) is 21.3 Å². The Kier molecular flexibility index (Phi) is 6.54. The molecule has 0 unspecified atom stereocenters. The summed E-state index contributed by atoms with van der Waals surface area (Å²) in [5.74, 6) is -1.56. The second-order valence-corrected chi connectivity index (χ2v) is 10.9. The number of imide groups is 1. The molecule has 2 aliphatic rings. The number of carbonyl (C=O) groups is 3. The van der Waals surface area contributed by atoms with Crippen LogP contribution in [-0.4, -0.2) is 41.4 Å². The van der Waals surface area contributed by atoms with Crippen molar-refractivity contribution in [1.82, 2.24) is 4.90 Å². The van der Waals surface area contributed by atoms with Gasteiger partial charge in [-0.1, -0.05) is 60.4 Å². The molecule has 11 heteroatoms. The quantitative estimate of drug-likeness (QED) is 0.371. The lowest BCUT2D eigenvalue weighted by molar-refractivity contribution is -0.130. The number of nitrogens with zero attached hydrogens (tertiary/aromatic N) is 2. The third-order valence-electron chi connectivity index (χ3n) is 5.23. The summed E-state index contributed by atoms with van der Waals surface area (Å²) >= 11 is 6.44. The van der Waals surface area contributed by atoms with Crippen LogP contribution in [0.25, 0.3) is 6.08 Å². The minimum Gasteiger partial charge on any atom is -0.280 e. The normalized spacial score (nSPS) is 20.7. The fraction of sp³-hybridized carbons (Fsp3) is 0.130. The summed E-state index contributed by atoms with van der Waals surface area (Å²) in [6.45, 7) is 1.86. The molecule has 34 heavy (non-hydrogen) atoms. The lowest BCUT2D eigenvalue weighted by atomic mass is 10.1. The first-order chi connectivity index (χ1) is 16.1. The number of anilines is 1. The SMILES string of the molecule is CC(/C=C1\SC(=S)N([C@@H]2CC(=O)N(c3ccc(S(N)(=O)=O)cc3)C2=O)C1=O)=C\c1ccccc1. The number of allylic oxidation sites excluding steroid dienone is 2. The van der Waals surface area contributed by atoms with Gasteiger partial charge in [-0.3, -0.25) is 19.3 Å². The predicted molar refractivity (Wildman–Crippen MR) is 134 cm³/mol. The highest BCUT2D eigenvalue weighted by Crippen LogP contribution is 2.37. The van der Waals surface area contributed by atoms with Crippen LogP contribution >= 0.6 is 24.0 Å². The Balaban J connectivity index is 1.56. The zero-order chi connectivity index (χ0) is 24.6. The van der Waals surface area contributed by atoms with Crippen molar-refractivity contribution < 1.29 is 22.8 Å². The molecule has 8 nitrogen and oxygen atoms in total. The number of nitrogens with two attached hydrogens (primary N) is 1. The van der Waals surface area contributed by atoms with Gasteiger partial charge in [-0.25, -0.2) is 18.5 Å². The van der Waals surface area contributed by atoms with Gasteiger partial charge in [0.2, 0.25) is 15.9 Å². The van der Waals surface area contributed by atoms with E-state index in [0.717, 1.165) is 27.8 Å². The summed E-state index contributed by atoms with van der Waals surface area (Å²) < 4.78 is 23.1. The third-order valence-corrected chi connectivity index (χ3v) is 7.49. The Morgan fingerprint density at radius 3 is 2.35 bits per heavy atom. The second kappa shape index (κ2) is 9.26. The minimum absolute atomic E-state index is 0.145. The molecule has 4 rings (SSSR count). The molecule has 0 radical (unpaired) electrons. The van der Waals surface area contributed by atoms with E-state index in [0.29, 0.717) is 4.91 Å². The van der Waals surface area contributed by atoms with Crippen molar-refractivity contribution in [3.8, 4) is 0 Å². The van der Waals surface area contributed by atoms with Crippen molar-refractivity contribution in [3.63, 3.8) is 0 Å². The summed E-state index contributed by atoms with van der Waals surface area (Å²) in [5, 5.41) is 5.10. The van der Waals surface area contributed by atoms with Crippen molar-refractivity contribution in [1.29, 1.82) is 0 Å². The third kappa shape index (κ3) is 4.73. The molecular weight excluding hydrogens is 494 g/mol. The van der Waals surface area contributed by atoms with Gasteiger partial charge in [0.05, 0.1) is 21.9 Å². The smallest absolute Gasteiger partial charge is 0.266 e. The van der Waals surface area contributed by atoms with Gasteiger partial charge in [0.25, 0.3) is 11.8 Å². The monoisotopic (exact) mass is 513 g/mol. The maximum absolute atomic E-state index is 13.1. The average molecular weight is 514 g/mol.